The van der Waals surface area contributed by atoms with Crippen LogP contribution in [0.3, 0.4) is 0 Å². The molecular formula is C9H13N3O. The first kappa shape index (κ1) is 7.35. The first-order valence-corrected chi connectivity index (χ1v) is 4.99. The number of anilines is 1. The molecule has 1 heterocycles. The lowest BCUT2D eigenvalue weighted by atomic mass is 10.3. The lowest BCUT2D eigenvalue weighted by Gasteiger charge is -1.92. The number of nitrogens with one attached hydrogen (secondary N) is 1. The van der Waals surface area contributed by atoms with Crippen LogP contribution in [0.2, 0.25) is 0 Å². The molecule has 4 nitrogen and oxygen atoms in total. The molecule has 0 aromatic carbocycles. The van der Waals surface area contributed by atoms with E-state index in [4.69, 9.17) is 4.52 Å². The Morgan fingerprint density at radius 1 is 1.31 bits per heavy atom. The second kappa shape index (κ2) is 2.72. The van der Waals surface area contributed by atoms with Crippen LogP contribution in [-0.4, -0.2) is 16.2 Å². The Bertz CT molecular complexity index is 273. The third-order valence-electron chi connectivity index (χ3n) is 2.54. The van der Waals surface area contributed by atoms with Crippen molar-refractivity contribution in [3.05, 3.63) is 5.82 Å². The molecule has 2 fully saturated rings. The summed E-state index contributed by atoms with van der Waals surface area (Å²) in [5.74, 6) is 1.69. The second-order valence-corrected chi connectivity index (χ2v) is 4.08. The zero-order valence-electron chi connectivity index (χ0n) is 7.49. The molecule has 3 rings (SSSR count). The fourth-order valence-electron chi connectivity index (χ4n) is 1.38. The molecule has 2 saturated carbocycles. The topological polar surface area (TPSA) is 51.0 Å². The number of aromatic nitrogens is 2. The van der Waals surface area contributed by atoms with E-state index >= 15 is 0 Å². The standard InChI is InChI=1S/C9H13N3O/c1-2-6(1)5-8-11-9(13-12-8)10-7-3-4-7/h6-7H,1-5H2,(H,10,11,12). The highest BCUT2D eigenvalue weighted by Crippen LogP contribution is 2.32. The fourth-order valence-corrected chi connectivity index (χ4v) is 1.38. The first-order valence-electron chi connectivity index (χ1n) is 4.99. The Hall–Kier alpha value is -1.06. The van der Waals surface area contributed by atoms with Gasteiger partial charge in [0.25, 0.3) is 0 Å². The lowest BCUT2D eigenvalue weighted by molar-refractivity contribution is 0.420. The van der Waals surface area contributed by atoms with Gasteiger partial charge in [0.05, 0.1) is 0 Å². The highest BCUT2D eigenvalue weighted by Gasteiger charge is 2.26. The summed E-state index contributed by atoms with van der Waals surface area (Å²) in [6.07, 6.45) is 6.14. The summed E-state index contributed by atoms with van der Waals surface area (Å²) in [6.45, 7) is 0. The molecule has 0 amide bonds. The predicted octanol–water partition coefficient (Wildman–Crippen LogP) is 1.60. The molecular weight excluding hydrogens is 166 g/mol. The second-order valence-electron chi connectivity index (χ2n) is 4.08. The van der Waals surface area contributed by atoms with E-state index in [-0.39, 0.29) is 0 Å². The molecule has 0 radical (unpaired) electrons. The maximum Gasteiger partial charge on any atom is 0.321 e. The summed E-state index contributed by atoms with van der Waals surface area (Å²) in [5, 5.41) is 7.12. The Kier molecular flexibility index (Phi) is 1.54. The van der Waals surface area contributed by atoms with E-state index in [1.165, 1.54) is 25.7 Å². The highest BCUT2D eigenvalue weighted by molar-refractivity contribution is 5.23. The summed E-state index contributed by atoms with van der Waals surface area (Å²) < 4.78 is 5.07. The van der Waals surface area contributed by atoms with Crippen molar-refractivity contribution in [3.8, 4) is 0 Å². The van der Waals surface area contributed by atoms with Crippen LogP contribution in [-0.2, 0) is 6.42 Å². The summed E-state index contributed by atoms with van der Waals surface area (Å²) in [7, 11) is 0. The zero-order valence-corrected chi connectivity index (χ0v) is 7.49. The van der Waals surface area contributed by atoms with E-state index in [0.717, 1.165) is 18.2 Å². The summed E-state index contributed by atoms with van der Waals surface area (Å²) in [5.41, 5.74) is 0. The van der Waals surface area contributed by atoms with Crippen LogP contribution < -0.4 is 5.32 Å². The SMILES string of the molecule is C1CC1Cc1noc(NC2CC2)n1. The lowest BCUT2D eigenvalue weighted by Crippen LogP contribution is -2.00. The van der Waals surface area contributed by atoms with Crippen LogP contribution in [0.5, 0.6) is 0 Å². The number of nitrogens with zero attached hydrogens (tertiary/aromatic N) is 2. The van der Waals surface area contributed by atoms with E-state index in [0.29, 0.717) is 12.1 Å². The van der Waals surface area contributed by atoms with Gasteiger partial charge in [-0.1, -0.05) is 5.16 Å². The summed E-state index contributed by atoms with van der Waals surface area (Å²) in [6, 6.07) is 1.20. The van der Waals surface area contributed by atoms with Crippen LogP contribution in [0, 0.1) is 5.92 Å². The molecule has 0 saturated heterocycles. The van der Waals surface area contributed by atoms with Crippen LogP contribution in [0.15, 0.2) is 4.52 Å². The predicted molar refractivity (Wildman–Crippen MR) is 47.4 cm³/mol. The van der Waals surface area contributed by atoms with Crippen molar-refractivity contribution < 1.29 is 4.52 Å². The molecule has 0 atom stereocenters. The monoisotopic (exact) mass is 179 g/mol. The van der Waals surface area contributed by atoms with Crippen molar-refractivity contribution in [2.24, 2.45) is 5.92 Å². The molecule has 2 aliphatic carbocycles. The van der Waals surface area contributed by atoms with Gasteiger partial charge >= 0.3 is 6.01 Å². The van der Waals surface area contributed by atoms with Gasteiger partial charge in [-0.3, -0.25) is 0 Å². The van der Waals surface area contributed by atoms with Gasteiger partial charge < -0.3 is 9.84 Å². The van der Waals surface area contributed by atoms with Crippen LogP contribution in [0.25, 0.3) is 0 Å². The van der Waals surface area contributed by atoms with Crippen LogP contribution in [0.4, 0.5) is 6.01 Å². The molecule has 4 heteroatoms. The fraction of sp³-hybridized carbons (Fsp3) is 0.778. The van der Waals surface area contributed by atoms with E-state index in [2.05, 4.69) is 15.5 Å². The number of hydrogen-bond acceptors (Lipinski definition) is 4. The van der Waals surface area contributed by atoms with Crippen LogP contribution in [0.1, 0.15) is 31.5 Å². The Labute approximate surface area is 76.7 Å². The Morgan fingerprint density at radius 2 is 2.15 bits per heavy atom. The van der Waals surface area contributed by atoms with Crippen molar-refractivity contribution >= 4 is 6.01 Å². The van der Waals surface area contributed by atoms with Gasteiger partial charge in [0.1, 0.15) is 0 Å². The Morgan fingerprint density at radius 3 is 2.85 bits per heavy atom. The van der Waals surface area contributed by atoms with E-state index in [1.807, 2.05) is 0 Å². The van der Waals surface area contributed by atoms with Gasteiger partial charge in [0.2, 0.25) is 0 Å². The van der Waals surface area contributed by atoms with Crippen molar-refractivity contribution in [1.82, 2.24) is 10.1 Å². The minimum absolute atomic E-state index is 0.592. The third kappa shape index (κ3) is 1.82. The van der Waals surface area contributed by atoms with Crippen molar-refractivity contribution in [1.29, 1.82) is 0 Å². The molecule has 1 aromatic heterocycles. The van der Waals surface area contributed by atoms with E-state index < -0.39 is 0 Å². The van der Waals surface area contributed by atoms with E-state index in [1.54, 1.807) is 0 Å². The molecule has 2 aliphatic rings. The largest absolute Gasteiger partial charge is 0.335 e. The molecule has 0 aliphatic heterocycles. The van der Waals surface area contributed by atoms with Gasteiger partial charge in [-0.05, 0) is 31.6 Å². The highest BCUT2D eigenvalue weighted by atomic mass is 16.5. The molecule has 70 valence electrons. The molecule has 13 heavy (non-hydrogen) atoms. The third-order valence-corrected chi connectivity index (χ3v) is 2.54. The smallest absolute Gasteiger partial charge is 0.321 e. The quantitative estimate of drug-likeness (QED) is 0.762. The van der Waals surface area contributed by atoms with Gasteiger partial charge in [0, 0.05) is 12.5 Å². The van der Waals surface area contributed by atoms with Gasteiger partial charge in [-0.15, -0.1) is 0 Å². The maximum absolute atomic E-state index is 5.07. The van der Waals surface area contributed by atoms with Gasteiger partial charge in [0.15, 0.2) is 5.82 Å². The Balaban J connectivity index is 1.62. The number of rotatable bonds is 4. The average molecular weight is 179 g/mol. The minimum atomic E-state index is 0.592. The zero-order chi connectivity index (χ0) is 8.67. The van der Waals surface area contributed by atoms with Gasteiger partial charge in [-0.25, -0.2) is 0 Å². The molecule has 1 N–H and O–H groups in total. The summed E-state index contributed by atoms with van der Waals surface area (Å²) in [4.78, 5) is 4.28. The van der Waals surface area contributed by atoms with Crippen molar-refractivity contribution in [2.75, 3.05) is 5.32 Å². The number of hydrogen-bond donors (Lipinski definition) is 1. The minimum Gasteiger partial charge on any atom is -0.335 e. The normalized spacial score (nSPS) is 21.8. The average Bonchev–Trinajstić information content (AvgIpc) is 2.96. The molecule has 0 bridgehead atoms. The molecule has 0 unspecified atom stereocenters. The molecule has 0 spiro atoms. The van der Waals surface area contributed by atoms with Gasteiger partial charge in [-0.2, -0.15) is 4.98 Å². The maximum atomic E-state index is 5.07. The molecule has 1 aromatic rings. The summed E-state index contributed by atoms with van der Waals surface area (Å²) >= 11 is 0. The van der Waals surface area contributed by atoms with Crippen LogP contribution >= 0.6 is 0 Å². The van der Waals surface area contributed by atoms with E-state index in [9.17, 15) is 0 Å². The van der Waals surface area contributed by atoms with Crippen molar-refractivity contribution in [2.45, 2.75) is 38.1 Å². The first-order chi connectivity index (χ1) is 6.40. The van der Waals surface area contributed by atoms with Crippen molar-refractivity contribution in [3.63, 3.8) is 0 Å².